The van der Waals surface area contributed by atoms with Gasteiger partial charge in [0.2, 0.25) is 0 Å². The van der Waals surface area contributed by atoms with Crippen molar-refractivity contribution in [2.45, 2.75) is 54.0 Å². The third-order valence-electron chi connectivity index (χ3n) is 3.53. The van der Waals surface area contributed by atoms with Crippen LogP contribution in [0.15, 0.2) is 29.1 Å². The largest absolute Gasteiger partial charge is 0.505 e. The minimum absolute atomic E-state index is 0. The quantitative estimate of drug-likeness (QED) is 0.654. The molecular weight excluding hydrogens is 427 g/mol. The van der Waals surface area contributed by atoms with E-state index in [0.29, 0.717) is 12.0 Å². The molecule has 0 saturated heterocycles. The Hall–Kier alpha value is -1.14. The number of hydrogen-bond donors (Lipinski definition) is 1. The van der Waals surface area contributed by atoms with Crippen molar-refractivity contribution in [1.82, 2.24) is 9.78 Å². The summed E-state index contributed by atoms with van der Waals surface area (Å²) >= 11 is 0. The number of alkyl halides is 2. The fourth-order valence-corrected chi connectivity index (χ4v) is 2.49. The van der Waals surface area contributed by atoms with Gasteiger partial charge in [-0.25, -0.2) is 13.5 Å². The molecule has 0 aliphatic heterocycles. The van der Waals surface area contributed by atoms with E-state index in [1.807, 2.05) is 33.8 Å². The summed E-state index contributed by atoms with van der Waals surface area (Å²) in [6.45, 7) is 8.87. The molecule has 1 aromatic carbocycles. The molecule has 1 heterocycles. The zero-order chi connectivity index (χ0) is 19.1. The summed E-state index contributed by atoms with van der Waals surface area (Å²) in [4.78, 5) is 12.5. The Morgan fingerprint density at radius 2 is 1.74 bits per heavy atom. The molecule has 0 spiro atoms. The van der Waals surface area contributed by atoms with Crippen LogP contribution >= 0.6 is 0 Å². The molecule has 0 saturated carbocycles. The van der Waals surface area contributed by atoms with Gasteiger partial charge in [0.05, 0.1) is 5.56 Å². The van der Waals surface area contributed by atoms with Crippen LogP contribution in [-0.4, -0.2) is 21.3 Å². The van der Waals surface area contributed by atoms with Crippen molar-refractivity contribution in [3.8, 4) is 16.9 Å². The van der Waals surface area contributed by atoms with Crippen LogP contribution in [0.3, 0.4) is 0 Å². The van der Waals surface area contributed by atoms with E-state index in [0.717, 1.165) is 10.2 Å². The molecule has 0 atom stereocenters. The van der Waals surface area contributed by atoms with E-state index in [-0.39, 0.29) is 63.1 Å². The Kier molecular flexibility index (Phi) is 13.6. The van der Waals surface area contributed by atoms with Crippen molar-refractivity contribution < 1.29 is 46.6 Å². The Bertz CT molecular complexity index is 762. The molecular formula is C20H29F2N2O2Y-. The first-order chi connectivity index (χ1) is 11.8. The van der Waals surface area contributed by atoms with Gasteiger partial charge < -0.3 is 12.5 Å². The van der Waals surface area contributed by atoms with E-state index in [2.05, 4.69) is 5.10 Å². The average Bonchev–Trinajstić information content (AvgIpc) is 2.55. The normalized spacial score (nSPS) is 9.96. The van der Waals surface area contributed by atoms with Crippen molar-refractivity contribution in [3.05, 3.63) is 53.3 Å². The van der Waals surface area contributed by atoms with E-state index >= 15 is 0 Å². The molecule has 2 rings (SSSR count). The predicted octanol–water partition coefficient (Wildman–Crippen LogP) is 4.86. The van der Waals surface area contributed by atoms with Crippen LogP contribution < -0.4 is 5.56 Å². The summed E-state index contributed by atoms with van der Waals surface area (Å²) in [5, 5.41) is 14.4. The summed E-state index contributed by atoms with van der Waals surface area (Å²) in [7, 11) is 0. The van der Waals surface area contributed by atoms with Crippen LogP contribution in [0, 0.1) is 20.3 Å². The number of aromatic hydroxyl groups is 1. The topological polar surface area (TPSA) is 55.1 Å². The van der Waals surface area contributed by atoms with E-state index in [9.17, 15) is 18.7 Å². The van der Waals surface area contributed by atoms with Crippen LogP contribution in [0.5, 0.6) is 5.75 Å². The molecule has 0 amide bonds. The molecule has 0 aliphatic carbocycles. The van der Waals surface area contributed by atoms with Gasteiger partial charge >= 0.3 is 0 Å². The summed E-state index contributed by atoms with van der Waals surface area (Å²) in [6, 6.07) is 7.04. The van der Waals surface area contributed by atoms with Gasteiger partial charge in [-0.15, -0.1) is 0 Å². The fraction of sp³-hybridized carbons (Fsp3) is 0.450. The molecule has 1 N–H and O–H groups in total. The van der Waals surface area contributed by atoms with E-state index in [4.69, 9.17) is 0 Å². The second-order valence-corrected chi connectivity index (χ2v) is 5.96. The molecule has 0 fully saturated rings. The third-order valence-corrected chi connectivity index (χ3v) is 3.53. The first-order valence-electron chi connectivity index (χ1n) is 8.48. The zero-order valence-electron chi connectivity index (χ0n) is 17.0. The van der Waals surface area contributed by atoms with Gasteiger partial charge in [-0.1, -0.05) is 52.0 Å². The fourth-order valence-electron chi connectivity index (χ4n) is 2.49. The van der Waals surface area contributed by atoms with Gasteiger partial charge in [-0.05, 0) is 30.4 Å². The molecule has 0 aliphatic rings. The molecule has 1 radical (unpaired) electrons. The van der Waals surface area contributed by atoms with Crippen LogP contribution in [0.1, 0.15) is 39.0 Å². The van der Waals surface area contributed by atoms with Crippen LogP contribution in [0.4, 0.5) is 8.78 Å². The van der Waals surface area contributed by atoms with E-state index in [1.54, 1.807) is 25.1 Å². The zero-order valence-corrected chi connectivity index (χ0v) is 19.8. The number of benzene rings is 1. The molecule has 27 heavy (non-hydrogen) atoms. The summed E-state index contributed by atoms with van der Waals surface area (Å²) < 4.78 is 26.2. The van der Waals surface area contributed by atoms with Crippen LogP contribution in [-0.2, 0) is 45.7 Å². The molecule has 4 nitrogen and oxygen atoms in total. The summed E-state index contributed by atoms with van der Waals surface area (Å²) in [5.74, 6) is -0.0564. The molecule has 1 aromatic heterocycles. The number of rotatable bonds is 5. The maximum atomic E-state index is 12.7. The van der Waals surface area contributed by atoms with Gasteiger partial charge in [0.25, 0.3) is 12.0 Å². The van der Waals surface area contributed by atoms with Crippen LogP contribution in [0.25, 0.3) is 11.1 Å². The van der Waals surface area contributed by atoms with Crippen LogP contribution in [0.2, 0.25) is 0 Å². The Morgan fingerprint density at radius 1 is 1.19 bits per heavy atom. The number of halogens is 2. The second-order valence-electron chi connectivity index (χ2n) is 5.96. The number of nitrogens with zero attached hydrogens (tertiary/aromatic N) is 2. The first kappa shape index (κ1) is 28.1. The Morgan fingerprint density at radius 3 is 2.22 bits per heavy atom. The summed E-state index contributed by atoms with van der Waals surface area (Å²) in [6.07, 6.45) is -2.30. The monoisotopic (exact) mass is 456 g/mol. The van der Waals surface area contributed by atoms with Gasteiger partial charge in [0.15, 0.2) is 5.75 Å². The van der Waals surface area contributed by atoms with Crippen molar-refractivity contribution in [2.75, 3.05) is 0 Å². The number of aromatic nitrogens is 2. The Balaban J connectivity index is 0. The summed E-state index contributed by atoms with van der Waals surface area (Å²) in [5.41, 5.74) is 0.910. The number of aryl methyl sites for hydroxylation is 1. The predicted molar refractivity (Wildman–Crippen MR) is 103 cm³/mol. The maximum Gasteiger partial charge on any atom is 0.278 e. The second kappa shape index (κ2) is 13.1. The molecule has 0 bridgehead atoms. The van der Waals surface area contributed by atoms with Gasteiger partial charge in [-0.2, -0.15) is 5.10 Å². The third kappa shape index (κ3) is 7.42. The molecule has 2 aromatic rings. The number of hydrogen-bond acceptors (Lipinski definition) is 3. The SMILES string of the molecule is CC.Cc1ccccc1-c1c(O)c(CC(C)C)nn(CC(F)F)c1=O.[CH3-].[Y]. The van der Waals surface area contributed by atoms with Crippen molar-refractivity contribution in [2.24, 2.45) is 5.92 Å². The maximum absolute atomic E-state index is 12.7. The van der Waals surface area contributed by atoms with Crippen molar-refractivity contribution in [3.63, 3.8) is 0 Å². The van der Waals surface area contributed by atoms with Gasteiger partial charge in [0.1, 0.15) is 12.2 Å². The standard InChI is InChI=1S/C17H20F2N2O2.C2H6.CH3.Y/c1-10(2)8-13-16(22)15(12-7-5-4-6-11(12)3)17(23)21(20-13)9-14(18)19;1-2;;/h4-7,10,14,22H,8-9H2,1-3H3;1-2H3;1H3;/q;;-1;. The van der Waals surface area contributed by atoms with E-state index < -0.39 is 18.5 Å². The molecule has 149 valence electrons. The van der Waals surface area contributed by atoms with Crippen molar-refractivity contribution >= 4 is 0 Å². The Labute approximate surface area is 185 Å². The van der Waals surface area contributed by atoms with Gasteiger partial charge in [0, 0.05) is 32.7 Å². The van der Waals surface area contributed by atoms with E-state index in [1.165, 1.54) is 0 Å². The molecule has 0 unspecified atom stereocenters. The first-order valence-corrected chi connectivity index (χ1v) is 8.48. The minimum atomic E-state index is -2.69. The van der Waals surface area contributed by atoms with Gasteiger partial charge in [-0.3, -0.25) is 4.79 Å². The minimum Gasteiger partial charge on any atom is -0.505 e. The molecule has 7 heteroatoms. The van der Waals surface area contributed by atoms with Crippen molar-refractivity contribution in [1.29, 1.82) is 0 Å². The smallest absolute Gasteiger partial charge is 0.278 e. The average molecular weight is 456 g/mol.